The third-order valence-corrected chi connectivity index (χ3v) is 4.63. The van der Waals surface area contributed by atoms with Gasteiger partial charge in [-0.3, -0.25) is 0 Å². The number of nitrogens with zero attached hydrogens (tertiary/aromatic N) is 3. The molecule has 4 heterocycles. The molecule has 3 aliphatic heterocycles. The Kier molecular flexibility index (Phi) is 3.54. The van der Waals surface area contributed by atoms with Crippen molar-refractivity contribution in [1.29, 1.82) is 0 Å². The van der Waals surface area contributed by atoms with Crippen molar-refractivity contribution in [2.75, 3.05) is 19.7 Å². The van der Waals surface area contributed by atoms with E-state index in [4.69, 9.17) is 14.2 Å². The zero-order chi connectivity index (χ0) is 17.8. The molecule has 4 rings (SSSR count). The molecule has 2 bridgehead atoms. The number of hydrogen-bond acceptors (Lipinski definition) is 10. The third kappa shape index (κ3) is 2.66. The average molecular weight is 381 g/mol. The van der Waals surface area contributed by atoms with Gasteiger partial charge in [-0.1, -0.05) is 0 Å². The lowest BCUT2D eigenvalue weighted by atomic mass is 9.99. The zero-order valence-corrected chi connectivity index (χ0v) is 13.1. The predicted octanol–water partition coefficient (Wildman–Crippen LogP) is 0.316. The molecule has 1 aromatic heterocycles. The maximum Gasteiger partial charge on any atom is 0.422 e. The second kappa shape index (κ2) is 5.42. The Morgan fingerprint density at radius 1 is 1.24 bits per heavy atom. The summed E-state index contributed by atoms with van der Waals surface area (Å²) < 4.78 is 64.7. The number of halogens is 3. The molecule has 9 nitrogen and oxygen atoms in total. The van der Waals surface area contributed by atoms with E-state index in [-0.39, 0.29) is 11.8 Å². The number of fused-ring (bicyclic) bond motifs is 3. The van der Waals surface area contributed by atoms with Crippen molar-refractivity contribution in [3.05, 3.63) is 0 Å². The summed E-state index contributed by atoms with van der Waals surface area (Å²) in [6, 6.07) is 0. The van der Waals surface area contributed by atoms with E-state index in [1.165, 1.54) is 0 Å². The van der Waals surface area contributed by atoms with Crippen LogP contribution in [0.2, 0.25) is 0 Å². The highest BCUT2D eigenvalue weighted by molar-refractivity contribution is 6.99. The SMILES string of the molecule is O=C1OC2(OC1=O)C(Oc1nsnc1OCC(F)(F)F)C1CCN2C1. The first-order valence-electron chi connectivity index (χ1n) is 7.18. The zero-order valence-electron chi connectivity index (χ0n) is 12.3. The minimum Gasteiger partial charge on any atom is -0.464 e. The van der Waals surface area contributed by atoms with E-state index in [0.29, 0.717) is 31.2 Å². The van der Waals surface area contributed by atoms with Crippen LogP contribution < -0.4 is 9.47 Å². The van der Waals surface area contributed by atoms with Gasteiger partial charge in [0.05, 0.1) is 11.7 Å². The molecule has 3 atom stereocenters. The van der Waals surface area contributed by atoms with Gasteiger partial charge in [0.25, 0.3) is 11.8 Å². The molecule has 3 aliphatic rings. The summed E-state index contributed by atoms with van der Waals surface area (Å²) in [5, 5.41) is 0. The van der Waals surface area contributed by atoms with Crippen molar-refractivity contribution >= 4 is 23.7 Å². The minimum atomic E-state index is -4.54. The maximum atomic E-state index is 12.3. The molecule has 0 radical (unpaired) electrons. The highest BCUT2D eigenvalue weighted by Crippen LogP contribution is 2.47. The monoisotopic (exact) mass is 381 g/mol. The van der Waals surface area contributed by atoms with Crippen molar-refractivity contribution in [1.82, 2.24) is 13.6 Å². The molecule has 0 amide bonds. The average Bonchev–Trinajstić information content (AvgIpc) is 3.26. The molecule has 25 heavy (non-hydrogen) atoms. The quantitative estimate of drug-likeness (QED) is 0.539. The number of ether oxygens (including phenoxy) is 4. The van der Waals surface area contributed by atoms with E-state index in [1.54, 1.807) is 4.90 Å². The van der Waals surface area contributed by atoms with Gasteiger partial charge >= 0.3 is 24.0 Å². The van der Waals surface area contributed by atoms with Crippen LogP contribution in [0.4, 0.5) is 13.2 Å². The van der Waals surface area contributed by atoms with Crippen LogP contribution in [0.1, 0.15) is 6.42 Å². The largest absolute Gasteiger partial charge is 0.464 e. The van der Waals surface area contributed by atoms with Crippen LogP contribution in [0.15, 0.2) is 0 Å². The topological polar surface area (TPSA) is 100 Å². The molecule has 0 aromatic carbocycles. The number of piperidine rings is 1. The van der Waals surface area contributed by atoms with E-state index in [1.807, 2.05) is 0 Å². The number of hydrogen-bond donors (Lipinski definition) is 0. The van der Waals surface area contributed by atoms with Crippen LogP contribution in [-0.2, 0) is 19.1 Å². The van der Waals surface area contributed by atoms with Gasteiger partial charge in [0.15, 0.2) is 12.7 Å². The van der Waals surface area contributed by atoms with Gasteiger partial charge in [0, 0.05) is 19.0 Å². The lowest BCUT2D eigenvalue weighted by Gasteiger charge is -2.36. The molecule has 3 unspecified atom stereocenters. The van der Waals surface area contributed by atoms with Gasteiger partial charge in [-0.25, -0.2) is 14.5 Å². The number of alkyl halides is 3. The van der Waals surface area contributed by atoms with Gasteiger partial charge in [0.2, 0.25) is 0 Å². The second-order valence-electron chi connectivity index (χ2n) is 5.72. The van der Waals surface area contributed by atoms with Crippen LogP contribution in [-0.4, -0.2) is 63.5 Å². The van der Waals surface area contributed by atoms with Gasteiger partial charge in [-0.2, -0.15) is 13.2 Å². The summed E-state index contributed by atoms with van der Waals surface area (Å²) in [4.78, 5) is 24.6. The maximum absolute atomic E-state index is 12.3. The number of carbonyl (C=O) groups excluding carboxylic acids is 2. The smallest absolute Gasteiger partial charge is 0.422 e. The third-order valence-electron chi connectivity index (χ3n) is 4.14. The van der Waals surface area contributed by atoms with E-state index < -0.39 is 42.6 Å². The Morgan fingerprint density at radius 3 is 2.60 bits per heavy atom. The fraction of sp³-hybridized carbons (Fsp3) is 0.667. The Labute approximate surface area is 141 Å². The molecular formula is C12H10F3N3O6S. The molecule has 0 saturated carbocycles. The Hall–Kier alpha value is -2.15. The Bertz CT molecular complexity index is 709. The van der Waals surface area contributed by atoms with Crippen molar-refractivity contribution in [2.24, 2.45) is 5.92 Å². The highest BCUT2D eigenvalue weighted by atomic mass is 32.1. The standard InChI is InChI=1S/C12H10F3N3O6S/c13-11(14,15)4-21-7-8(17-25-16-7)22-6-5-1-2-18(3-5)12(6)23-9(19)10(20)24-12/h5-6H,1-4H2. The summed E-state index contributed by atoms with van der Waals surface area (Å²) >= 11 is 0.606. The first kappa shape index (κ1) is 16.3. The fourth-order valence-corrected chi connectivity index (χ4v) is 3.63. The van der Waals surface area contributed by atoms with Crippen LogP contribution >= 0.6 is 11.7 Å². The van der Waals surface area contributed by atoms with Crippen molar-refractivity contribution < 1.29 is 41.7 Å². The lowest BCUT2D eigenvalue weighted by molar-refractivity contribution is -0.273. The number of carbonyl (C=O) groups is 2. The van der Waals surface area contributed by atoms with Gasteiger partial charge in [0.1, 0.15) is 0 Å². The molecular weight excluding hydrogens is 371 g/mol. The first-order chi connectivity index (χ1) is 11.8. The summed E-state index contributed by atoms with van der Waals surface area (Å²) in [6.07, 6.45) is -4.80. The number of rotatable bonds is 4. The van der Waals surface area contributed by atoms with E-state index in [0.717, 1.165) is 0 Å². The molecule has 3 saturated heterocycles. The molecule has 0 aliphatic carbocycles. The van der Waals surface area contributed by atoms with Crippen molar-refractivity contribution in [3.63, 3.8) is 0 Å². The first-order valence-corrected chi connectivity index (χ1v) is 7.92. The number of aromatic nitrogens is 2. The molecule has 3 fully saturated rings. The van der Waals surface area contributed by atoms with Gasteiger partial charge in [-0.05, 0) is 6.42 Å². The van der Waals surface area contributed by atoms with Crippen LogP contribution in [0, 0.1) is 5.92 Å². The molecule has 1 spiro atoms. The highest BCUT2D eigenvalue weighted by Gasteiger charge is 2.69. The number of esters is 2. The molecule has 13 heteroatoms. The van der Waals surface area contributed by atoms with E-state index in [9.17, 15) is 22.8 Å². The van der Waals surface area contributed by atoms with Gasteiger partial charge < -0.3 is 18.9 Å². The Morgan fingerprint density at radius 2 is 1.92 bits per heavy atom. The summed E-state index contributed by atoms with van der Waals surface area (Å²) in [5.74, 6) is -4.87. The van der Waals surface area contributed by atoms with E-state index in [2.05, 4.69) is 13.5 Å². The lowest BCUT2D eigenvalue weighted by Crippen LogP contribution is -2.57. The normalized spacial score (nSPS) is 29.8. The fourth-order valence-electron chi connectivity index (χ4n) is 3.18. The van der Waals surface area contributed by atoms with Crippen molar-refractivity contribution in [3.8, 4) is 11.8 Å². The molecule has 136 valence electrons. The van der Waals surface area contributed by atoms with Crippen LogP contribution in [0.3, 0.4) is 0 Å². The minimum absolute atomic E-state index is 0.157. The van der Waals surface area contributed by atoms with Crippen LogP contribution in [0.5, 0.6) is 11.8 Å². The van der Waals surface area contributed by atoms with E-state index >= 15 is 0 Å². The Balaban J connectivity index is 1.55. The second-order valence-corrected chi connectivity index (χ2v) is 6.25. The van der Waals surface area contributed by atoms with Crippen molar-refractivity contribution in [2.45, 2.75) is 24.6 Å². The van der Waals surface area contributed by atoms with Crippen LogP contribution in [0.25, 0.3) is 0 Å². The predicted molar refractivity (Wildman–Crippen MR) is 70.5 cm³/mol. The van der Waals surface area contributed by atoms with Gasteiger partial charge in [-0.15, -0.1) is 8.75 Å². The molecule has 1 aromatic rings. The summed E-state index contributed by atoms with van der Waals surface area (Å²) in [6.45, 7) is -0.580. The molecule has 0 N–H and O–H groups in total. The summed E-state index contributed by atoms with van der Waals surface area (Å²) in [7, 11) is 0. The summed E-state index contributed by atoms with van der Waals surface area (Å²) in [5.41, 5.74) is 0.